The summed E-state index contributed by atoms with van der Waals surface area (Å²) in [6, 6.07) is 2.36. The number of carbonyl (C=O) groups excluding carboxylic acids is 1. The zero-order valence-electron chi connectivity index (χ0n) is 11.1. The zero-order chi connectivity index (χ0) is 15.5. The molecule has 9 heteroatoms. The largest absolute Gasteiger partial charge is 0.481 e. The second-order valence-corrected chi connectivity index (χ2v) is 7.69. The summed E-state index contributed by atoms with van der Waals surface area (Å²) >= 11 is 0.878. The summed E-state index contributed by atoms with van der Waals surface area (Å²) in [5.74, 6) is -1.78. The Kier molecular flexibility index (Phi) is 5.26. The van der Waals surface area contributed by atoms with Crippen molar-refractivity contribution in [2.75, 3.05) is 6.54 Å². The van der Waals surface area contributed by atoms with Crippen LogP contribution in [0.25, 0.3) is 0 Å². The second-order valence-electron chi connectivity index (χ2n) is 4.40. The fourth-order valence-corrected chi connectivity index (χ4v) is 4.63. The van der Waals surface area contributed by atoms with Crippen molar-refractivity contribution in [1.29, 1.82) is 0 Å². The van der Waals surface area contributed by atoms with Crippen LogP contribution < -0.4 is 5.73 Å². The number of sulfonamides is 1. The molecule has 1 amide bonds. The maximum atomic E-state index is 12.4. The van der Waals surface area contributed by atoms with Crippen molar-refractivity contribution in [2.45, 2.75) is 30.5 Å². The quantitative estimate of drug-likeness (QED) is 0.747. The van der Waals surface area contributed by atoms with Crippen LogP contribution in [0.4, 0.5) is 0 Å². The molecule has 0 aromatic carbocycles. The predicted octanol–water partition coefficient (Wildman–Crippen LogP) is 0.260. The van der Waals surface area contributed by atoms with Gasteiger partial charge in [0.1, 0.15) is 4.21 Å². The molecule has 3 N–H and O–H groups in total. The molecule has 0 bridgehead atoms. The summed E-state index contributed by atoms with van der Waals surface area (Å²) in [5, 5.41) is 8.68. The SMILES string of the molecule is CC(C)N(CC(N)=O)S(=O)(=O)c1ccc(CC(=O)O)s1. The van der Waals surface area contributed by atoms with Gasteiger partial charge in [0.2, 0.25) is 5.91 Å². The van der Waals surface area contributed by atoms with Gasteiger partial charge < -0.3 is 10.8 Å². The van der Waals surface area contributed by atoms with Crippen LogP contribution in [0.5, 0.6) is 0 Å². The molecule has 0 atom stereocenters. The molecule has 0 spiro atoms. The molecule has 0 fully saturated rings. The molecule has 7 nitrogen and oxygen atoms in total. The van der Waals surface area contributed by atoms with Crippen molar-refractivity contribution in [3.63, 3.8) is 0 Å². The van der Waals surface area contributed by atoms with Gasteiger partial charge in [-0.1, -0.05) is 0 Å². The number of carboxylic acid groups (broad SMARTS) is 1. The molecule has 0 aliphatic rings. The Balaban J connectivity index is 3.10. The van der Waals surface area contributed by atoms with Crippen LogP contribution >= 0.6 is 11.3 Å². The Morgan fingerprint density at radius 2 is 2.00 bits per heavy atom. The molecule has 112 valence electrons. The van der Waals surface area contributed by atoms with Crippen molar-refractivity contribution >= 4 is 33.2 Å². The lowest BCUT2D eigenvalue weighted by molar-refractivity contribution is -0.136. The van der Waals surface area contributed by atoms with E-state index >= 15 is 0 Å². The number of rotatable bonds is 7. The first kappa shape index (κ1) is 16.6. The van der Waals surface area contributed by atoms with Crippen LogP contribution in [0.3, 0.4) is 0 Å². The standard InChI is InChI=1S/C11H16N2O5S2/c1-7(2)13(6-9(12)14)20(17,18)11-4-3-8(19-11)5-10(15)16/h3-4,7H,5-6H2,1-2H3,(H2,12,14)(H,15,16). The van der Waals surface area contributed by atoms with Crippen LogP contribution in [-0.2, 0) is 26.0 Å². The highest BCUT2D eigenvalue weighted by Gasteiger charge is 2.29. The molecule has 1 heterocycles. The summed E-state index contributed by atoms with van der Waals surface area (Å²) in [5.41, 5.74) is 5.06. The number of carbonyl (C=O) groups is 2. The average molecular weight is 320 g/mol. The maximum Gasteiger partial charge on any atom is 0.308 e. The Morgan fingerprint density at radius 1 is 1.40 bits per heavy atom. The van der Waals surface area contributed by atoms with E-state index < -0.39 is 34.5 Å². The van der Waals surface area contributed by atoms with E-state index in [1.54, 1.807) is 13.8 Å². The molecule has 0 aliphatic carbocycles. The van der Waals surface area contributed by atoms with Gasteiger partial charge in [-0.2, -0.15) is 4.31 Å². The van der Waals surface area contributed by atoms with Crippen molar-refractivity contribution in [3.05, 3.63) is 17.0 Å². The van der Waals surface area contributed by atoms with E-state index in [9.17, 15) is 18.0 Å². The molecule has 20 heavy (non-hydrogen) atoms. The van der Waals surface area contributed by atoms with E-state index in [0.29, 0.717) is 4.88 Å². The van der Waals surface area contributed by atoms with Crippen LogP contribution in [0.2, 0.25) is 0 Å². The molecular formula is C11H16N2O5S2. The highest BCUT2D eigenvalue weighted by molar-refractivity contribution is 7.91. The van der Waals surface area contributed by atoms with Gasteiger partial charge in [0.25, 0.3) is 10.0 Å². The average Bonchev–Trinajstić information content (AvgIpc) is 2.73. The second kappa shape index (κ2) is 6.33. The summed E-state index contributed by atoms with van der Waals surface area (Å²) < 4.78 is 25.8. The molecule has 1 aromatic heterocycles. The normalized spacial score (nSPS) is 12.0. The Bertz CT molecular complexity index is 606. The van der Waals surface area contributed by atoms with E-state index in [2.05, 4.69) is 0 Å². The minimum absolute atomic E-state index is 0.00343. The first-order valence-corrected chi connectivity index (χ1v) is 8.01. The van der Waals surface area contributed by atoms with Crippen molar-refractivity contribution in [3.8, 4) is 0 Å². The number of thiophene rings is 1. The van der Waals surface area contributed by atoms with Gasteiger partial charge in [-0.3, -0.25) is 9.59 Å². The molecule has 0 radical (unpaired) electrons. The van der Waals surface area contributed by atoms with E-state index in [-0.39, 0.29) is 10.6 Å². The number of hydrogen-bond acceptors (Lipinski definition) is 5. The van der Waals surface area contributed by atoms with E-state index in [0.717, 1.165) is 15.6 Å². The van der Waals surface area contributed by atoms with Crippen LogP contribution in [0.15, 0.2) is 16.3 Å². The molecule has 0 unspecified atom stereocenters. The van der Waals surface area contributed by atoms with Gasteiger partial charge in [-0.15, -0.1) is 11.3 Å². The molecule has 0 aliphatic heterocycles. The fraction of sp³-hybridized carbons (Fsp3) is 0.455. The lowest BCUT2D eigenvalue weighted by atomic mass is 10.3. The van der Waals surface area contributed by atoms with Gasteiger partial charge in [0.05, 0.1) is 13.0 Å². The lowest BCUT2D eigenvalue weighted by Crippen LogP contribution is -2.42. The number of nitrogens with zero attached hydrogens (tertiary/aromatic N) is 1. The molecule has 1 aromatic rings. The summed E-state index contributed by atoms with van der Waals surface area (Å²) in [6.45, 7) is 2.85. The topological polar surface area (TPSA) is 118 Å². The van der Waals surface area contributed by atoms with Gasteiger partial charge in [0, 0.05) is 10.9 Å². The summed E-state index contributed by atoms with van der Waals surface area (Å²) in [4.78, 5) is 22.0. The molecule has 0 saturated heterocycles. The monoisotopic (exact) mass is 320 g/mol. The fourth-order valence-electron chi connectivity index (χ4n) is 1.56. The number of carboxylic acids is 1. The number of hydrogen-bond donors (Lipinski definition) is 2. The Labute approximate surface area is 121 Å². The number of aliphatic carboxylic acids is 1. The molecule has 1 rings (SSSR count). The van der Waals surface area contributed by atoms with Crippen LogP contribution in [0.1, 0.15) is 18.7 Å². The summed E-state index contributed by atoms with van der Waals surface area (Å²) in [6.07, 6.45) is -0.238. The van der Waals surface area contributed by atoms with Crippen LogP contribution in [-0.4, -0.2) is 42.3 Å². The van der Waals surface area contributed by atoms with Crippen molar-refractivity contribution in [2.24, 2.45) is 5.73 Å². The van der Waals surface area contributed by atoms with Gasteiger partial charge in [-0.05, 0) is 26.0 Å². The molecule has 0 saturated carbocycles. The number of nitrogens with two attached hydrogens (primary N) is 1. The first-order chi connectivity index (χ1) is 9.14. The van der Waals surface area contributed by atoms with E-state index in [1.807, 2.05) is 0 Å². The van der Waals surface area contributed by atoms with E-state index in [4.69, 9.17) is 10.8 Å². The highest BCUT2D eigenvalue weighted by atomic mass is 32.2. The van der Waals surface area contributed by atoms with Crippen molar-refractivity contribution < 1.29 is 23.1 Å². The minimum Gasteiger partial charge on any atom is -0.481 e. The van der Waals surface area contributed by atoms with Gasteiger partial charge >= 0.3 is 5.97 Å². The zero-order valence-corrected chi connectivity index (χ0v) is 12.7. The highest BCUT2D eigenvalue weighted by Crippen LogP contribution is 2.26. The van der Waals surface area contributed by atoms with Crippen molar-refractivity contribution in [1.82, 2.24) is 4.31 Å². The van der Waals surface area contributed by atoms with Gasteiger partial charge in [-0.25, -0.2) is 8.42 Å². The van der Waals surface area contributed by atoms with Crippen LogP contribution in [0, 0.1) is 0 Å². The smallest absolute Gasteiger partial charge is 0.308 e. The lowest BCUT2D eigenvalue weighted by Gasteiger charge is -2.23. The Morgan fingerprint density at radius 3 is 2.45 bits per heavy atom. The van der Waals surface area contributed by atoms with Gasteiger partial charge in [0.15, 0.2) is 0 Å². The number of amides is 1. The third kappa shape index (κ3) is 4.02. The molecular weight excluding hydrogens is 304 g/mol. The predicted molar refractivity (Wildman–Crippen MR) is 73.9 cm³/mol. The Hall–Kier alpha value is -1.45. The third-order valence-corrected chi connectivity index (χ3v) is 5.99. The van der Waals surface area contributed by atoms with E-state index in [1.165, 1.54) is 12.1 Å². The minimum atomic E-state index is -3.85. The number of primary amides is 1. The summed E-state index contributed by atoms with van der Waals surface area (Å²) in [7, 11) is -3.85. The maximum absolute atomic E-state index is 12.4. The first-order valence-electron chi connectivity index (χ1n) is 5.75. The third-order valence-electron chi connectivity index (χ3n) is 2.41.